The topological polar surface area (TPSA) is 63.7 Å². The van der Waals surface area contributed by atoms with E-state index < -0.39 is 10.0 Å². The highest BCUT2D eigenvalue weighted by molar-refractivity contribution is 7.89. The Morgan fingerprint density at radius 3 is 2.76 bits per heavy atom. The van der Waals surface area contributed by atoms with E-state index in [1.165, 1.54) is 11.2 Å². The number of Topliss-reactive ketones (excluding diaryl/α,β-unsaturated/α-hetero) is 1. The third kappa shape index (κ3) is 4.37. The third-order valence-electron chi connectivity index (χ3n) is 2.95. The predicted octanol–water partition coefficient (Wildman–Crippen LogP) is 0.796. The van der Waals surface area contributed by atoms with Gasteiger partial charge in [-0.25, -0.2) is 8.42 Å². The predicted molar refractivity (Wildman–Crippen MR) is 65.3 cm³/mol. The van der Waals surface area contributed by atoms with E-state index in [1.54, 1.807) is 7.11 Å². The fraction of sp³-hybridized carbons (Fsp3) is 0.909. The molecule has 1 fully saturated rings. The average Bonchev–Trinajstić information content (AvgIpc) is 2.65. The van der Waals surface area contributed by atoms with Crippen molar-refractivity contribution in [1.82, 2.24) is 4.31 Å². The van der Waals surface area contributed by atoms with Crippen LogP contribution < -0.4 is 0 Å². The monoisotopic (exact) mass is 263 g/mol. The van der Waals surface area contributed by atoms with E-state index in [1.807, 2.05) is 0 Å². The molecule has 17 heavy (non-hydrogen) atoms. The van der Waals surface area contributed by atoms with Crippen molar-refractivity contribution >= 4 is 15.8 Å². The molecular formula is C11H21NO4S. The second-order valence-electron chi connectivity index (χ2n) is 4.48. The molecule has 1 aliphatic rings. The Morgan fingerprint density at radius 1 is 1.47 bits per heavy atom. The number of sulfonamides is 1. The van der Waals surface area contributed by atoms with Gasteiger partial charge in [-0.3, -0.25) is 4.79 Å². The van der Waals surface area contributed by atoms with Crippen molar-refractivity contribution in [3.63, 3.8) is 0 Å². The number of nitrogens with zero attached hydrogens (tertiary/aromatic N) is 1. The normalized spacial score (nSPS) is 21.9. The highest BCUT2D eigenvalue weighted by Gasteiger charge is 2.34. The second kappa shape index (κ2) is 6.47. The molecule has 1 rings (SSSR count). The fourth-order valence-electron chi connectivity index (χ4n) is 2.21. The van der Waals surface area contributed by atoms with Gasteiger partial charge in [0.2, 0.25) is 10.0 Å². The minimum Gasteiger partial charge on any atom is -0.385 e. The zero-order chi connectivity index (χ0) is 12.9. The first-order valence-corrected chi connectivity index (χ1v) is 7.56. The molecule has 1 unspecified atom stereocenters. The Morgan fingerprint density at radius 2 is 2.18 bits per heavy atom. The van der Waals surface area contributed by atoms with Crippen LogP contribution in [0.3, 0.4) is 0 Å². The van der Waals surface area contributed by atoms with Gasteiger partial charge in [0.05, 0.1) is 5.75 Å². The molecular weight excluding hydrogens is 242 g/mol. The molecule has 0 bridgehead atoms. The number of carbonyl (C=O) groups excluding carboxylic acids is 1. The Hall–Kier alpha value is -0.460. The van der Waals surface area contributed by atoms with Gasteiger partial charge in [0, 0.05) is 32.7 Å². The fourth-order valence-corrected chi connectivity index (χ4v) is 3.97. The standard InChI is InChI=1S/C11H21NO4S/c1-10(13)9-11-5-3-6-12(11)17(14,15)8-4-7-16-2/h11H,3-9H2,1-2H3. The molecule has 0 amide bonds. The van der Waals surface area contributed by atoms with Crippen LogP contribution in [0.1, 0.15) is 32.6 Å². The summed E-state index contributed by atoms with van der Waals surface area (Å²) in [6.07, 6.45) is 2.48. The van der Waals surface area contributed by atoms with Gasteiger partial charge in [0.1, 0.15) is 5.78 Å². The van der Waals surface area contributed by atoms with Gasteiger partial charge in [-0.05, 0) is 26.2 Å². The molecule has 100 valence electrons. The molecule has 1 saturated heterocycles. The van der Waals surface area contributed by atoms with Gasteiger partial charge in [-0.15, -0.1) is 0 Å². The maximum absolute atomic E-state index is 12.1. The Kier molecular flexibility index (Phi) is 5.55. The SMILES string of the molecule is COCCCS(=O)(=O)N1CCCC1CC(C)=O. The molecule has 1 atom stereocenters. The maximum atomic E-state index is 12.1. The van der Waals surface area contributed by atoms with Crippen LogP contribution in [-0.2, 0) is 19.6 Å². The first-order chi connectivity index (χ1) is 7.97. The summed E-state index contributed by atoms with van der Waals surface area (Å²) >= 11 is 0. The van der Waals surface area contributed by atoms with E-state index in [-0.39, 0.29) is 17.6 Å². The Bertz CT molecular complexity index is 352. The summed E-state index contributed by atoms with van der Waals surface area (Å²) in [5, 5.41) is 0. The zero-order valence-corrected chi connectivity index (χ0v) is 11.3. The van der Waals surface area contributed by atoms with Crippen molar-refractivity contribution in [2.75, 3.05) is 26.0 Å². The quantitative estimate of drug-likeness (QED) is 0.637. The van der Waals surface area contributed by atoms with Crippen LogP contribution in [0.5, 0.6) is 0 Å². The summed E-state index contributed by atoms with van der Waals surface area (Å²) in [5.41, 5.74) is 0. The molecule has 0 aromatic carbocycles. The number of hydrogen-bond donors (Lipinski definition) is 0. The second-order valence-corrected chi connectivity index (χ2v) is 6.52. The minimum absolute atomic E-state index is 0.0500. The largest absolute Gasteiger partial charge is 0.385 e. The molecule has 0 aromatic heterocycles. The van der Waals surface area contributed by atoms with E-state index in [0.29, 0.717) is 26.0 Å². The Balaban J connectivity index is 2.59. The van der Waals surface area contributed by atoms with Crippen molar-refractivity contribution in [2.24, 2.45) is 0 Å². The van der Waals surface area contributed by atoms with Crippen LogP contribution >= 0.6 is 0 Å². The third-order valence-corrected chi connectivity index (χ3v) is 4.95. The molecule has 0 spiro atoms. The lowest BCUT2D eigenvalue weighted by molar-refractivity contribution is -0.117. The first kappa shape index (κ1) is 14.6. The lowest BCUT2D eigenvalue weighted by Crippen LogP contribution is -2.38. The summed E-state index contributed by atoms with van der Waals surface area (Å²) in [6, 6.07) is -0.125. The molecule has 0 N–H and O–H groups in total. The molecule has 6 heteroatoms. The number of ether oxygens (including phenoxy) is 1. The van der Waals surface area contributed by atoms with Crippen molar-refractivity contribution in [3.8, 4) is 0 Å². The first-order valence-electron chi connectivity index (χ1n) is 5.95. The van der Waals surface area contributed by atoms with Gasteiger partial charge in [-0.2, -0.15) is 4.31 Å². The van der Waals surface area contributed by atoms with Gasteiger partial charge in [-0.1, -0.05) is 0 Å². The van der Waals surface area contributed by atoms with Crippen molar-refractivity contribution in [2.45, 2.75) is 38.6 Å². The summed E-state index contributed by atoms with van der Waals surface area (Å²) in [6.45, 7) is 2.51. The van der Waals surface area contributed by atoms with Crippen molar-refractivity contribution in [1.29, 1.82) is 0 Å². The number of methoxy groups -OCH3 is 1. The number of ketones is 1. The van der Waals surface area contributed by atoms with Crippen LogP contribution in [0.15, 0.2) is 0 Å². The minimum atomic E-state index is -3.23. The lowest BCUT2D eigenvalue weighted by Gasteiger charge is -2.23. The van der Waals surface area contributed by atoms with E-state index in [2.05, 4.69) is 0 Å². The maximum Gasteiger partial charge on any atom is 0.214 e. The van der Waals surface area contributed by atoms with Gasteiger partial charge in [0.15, 0.2) is 0 Å². The zero-order valence-electron chi connectivity index (χ0n) is 10.5. The van der Waals surface area contributed by atoms with Crippen molar-refractivity contribution in [3.05, 3.63) is 0 Å². The van der Waals surface area contributed by atoms with Gasteiger partial charge < -0.3 is 4.74 Å². The van der Waals surface area contributed by atoms with Crippen LogP contribution in [-0.4, -0.2) is 50.6 Å². The molecule has 0 radical (unpaired) electrons. The van der Waals surface area contributed by atoms with Crippen LogP contribution in [0.4, 0.5) is 0 Å². The van der Waals surface area contributed by atoms with Gasteiger partial charge in [0.25, 0.3) is 0 Å². The van der Waals surface area contributed by atoms with E-state index >= 15 is 0 Å². The van der Waals surface area contributed by atoms with E-state index in [9.17, 15) is 13.2 Å². The van der Waals surface area contributed by atoms with E-state index in [4.69, 9.17) is 4.74 Å². The molecule has 0 aromatic rings. The molecule has 0 saturated carbocycles. The molecule has 0 aliphatic carbocycles. The van der Waals surface area contributed by atoms with Crippen LogP contribution in [0.25, 0.3) is 0 Å². The summed E-state index contributed by atoms with van der Waals surface area (Å²) in [4.78, 5) is 11.1. The van der Waals surface area contributed by atoms with Crippen LogP contribution in [0.2, 0.25) is 0 Å². The van der Waals surface area contributed by atoms with E-state index in [0.717, 1.165) is 12.8 Å². The molecule has 1 heterocycles. The smallest absolute Gasteiger partial charge is 0.214 e. The number of hydrogen-bond acceptors (Lipinski definition) is 4. The lowest BCUT2D eigenvalue weighted by atomic mass is 10.1. The van der Waals surface area contributed by atoms with Gasteiger partial charge >= 0.3 is 0 Å². The summed E-state index contributed by atoms with van der Waals surface area (Å²) < 4.78 is 30.5. The molecule has 1 aliphatic heterocycles. The van der Waals surface area contributed by atoms with Crippen molar-refractivity contribution < 1.29 is 17.9 Å². The summed E-state index contributed by atoms with van der Waals surface area (Å²) in [7, 11) is -1.67. The van der Waals surface area contributed by atoms with Crippen LogP contribution in [0, 0.1) is 0 Å². The summed E-state index contributed by atoms with van der Waals surface area (Å²) in [5.74, 6) is 0.156. The number of rotatable bonds is 7. The number of carbonyl (C=O) groups is 1. The highest BCUT2D eigenvalue weighted by atomic mass is 32.2. The Labute approximate surface area is 103 Å². The average molecular weight is 263 g/mol. The molecule has 5 nitrogen and oxygen atoms in total. The highest BCUT2D eigenvalue weighted by Crippen LogP contribution is 2.24.